The highest BCUT2D eigenvalue weighted by molar-refractivity contribution is 5.95. The van der Waals surface area contributed by atoms with Gasteiger partial charge in [0.2, 0.25) is 5.91 Å². The van der Waals surface area contributed by atoms with Crippen LogP contribution in [0.3, 0.4) is 0 Å². The minimum Gasteiger partial charge on any atom is -0.444 e. The molecule has 0 saturated carbocycles. The number of rotatable bonds is 3. The SMILES string of the molecule is CC(C)(C)OC(=O)N1CCC(CN)(C(=O)Nc2ccc(C(F)(F)F)nc2)CC1. The molecular weight excluding hydrogens is 377 g/mol. The lowest BCUT2D eigenvalue weighted by Gasteiger charge is -2.40. The van der Waals surface area contributed by atoms with Gasteiger partial charge in [0.15, 0.2) is 0 Å². The second-order valence-corrected chi connectivity index (χ2v) is 7.84. The molecule has 7 nitrogen and oxygen atoms in total. The van der Waals surface area contributed by atoms with Crippen LogP contribution in [-0.2, 0) is 15.7 Å². The van der Waals surface area contributed by atoms with Gasteiger partial charge < -0.3 is 20.7 Å². The van der Waals surface area contributed by atoms with E-state index in [2.05, 4.69) is 10.3 Å². The molecule has 10 heteroatoms. The summed E-state index contributed by atoms with van der Waals surface area (Å²) in [5.41, 5.74) is 3.42. The fraction of sp³-hybridized carbons (Fsp3) is 0.611. The molecule has 1 aromatic rings. The molecule has 1 aromatic heterocycles. The number of carbonyl (C=O) groups is 2. The average Bonchev–Trinajstić information content (AvgIpc) is 2.60. The molecule has 28 heavy (non-hydrogen) atoms. The van der Waals surface area contributed by atoms with Gasteiger partial charge in [-0.1, -0.05) is 0 Å². The Kier molecular flexibility index (Phi) is 6.22. The number of anilines is 1. The van der Waals surface area contributed by atoms with Crippen molar-refractivity contribution >= 4 is 17.7 Å². The predicted molar refractivity (Wildman–Crippen MR) is 96.4 cm³/mol. The molecule has 0 bridgehead atoms. The molecule has 2 heterocycles. The summed E-state index contributed by atoms with van der Waals surface area (Å²) in [7, 11) is 0. The third-order valence-electron chi connectivity index (χ3n) is 4.56. The van der Waals surface area contributed by atoms with Crippen LogP contribution in [0.1, 0.15) is 39.3 Å². The van der Waals surface area contributed by atoms with Crippen molar-refractivity contribution in [1.29, 1.82) is 0 Å². The van der Waals surface area contributed by atoms with E-state index in [-0.39, 0.29) is 12.2 Å². The molecule has 1 aliphatic rings. The number of piperidine rings is 1. The monoisotopic (exact) mass is 402 g/mol. The molecular formula is C18H25F3N4O3. The van der Waals surface area contributed by atoms with Gasteiger partial charge in [-0.05, 0) is 45.7 Å². The van der Waals surface area contributed by atoms with E-state index in [1.165, 1.54) is 4.90 Å². The fourth-order valence-corrected chi connectivity index (χ4v) is 2.87. The van der Waals surface area contributed by atoms with Gasteiger partial charge in [-0.15, -0.1) is 0 Å². The third-order valence-corrected chi connectivity index (χ3v) is 4.56. The maximum Gasteiger partial charge on any atom is 0.433 e. The second kappa shape index (κ2) is 7.94. The molecule has 156 valence electrons. The van der Waals surface area contributed by atoms with Crippen LogP contribution in [0, 0.1) is 5.41 Å². The minimum atomic E-state index is -4.55. The van der Waals surface area contributed by atoms with Crippen molar-refractivity contribution in [3.8, 4) is 0 Å². The summed E-state index contributed by atoms with van der Waals surface area (Å²) < 4.78 is 43.1. The summed E-state index contributed by atoms with van der Waals surface area (Å²) in [6, 6.07) is 1.95. The predicted octanol–water partition coefficient (Wildman–Crippen LogP) is 3.01. The largest absolute Gasteiger partial charge is 0.444 e. The molecule has 2 amide bonds. The normalized spacial score (nSPS) is 17.2. The van der Waals surface area contributed by atoms with E-state index in [9.17, 15) is 22.8 Å². The lowest BCUT2D eigenvalue weighted by molar-refractivity contribution is -0.141. The van der Waals surface area contributed by atoms with Crippen LogP contribution in [0.5, 0.6) is 0 Å². The smallest absolute Gasteiger partial charge is 0.433 e. The Balaban J connectivity index is 2.01. The number of nitrogens with one attached hydrogen (secondary N) is 1. The number of nitrogens with zero attached hydrogens (tertiary/aromatic N) is 2. The molecule has 0 aromatic carbocycles. The van der Waals surface area contributed by atoms with Gasteiger partial charge in [-0.3, -0.25) is 4.79 Å². The summed E-state index contributed by atoms with van der Waals surface area (Å²) in [4.78, 5) is 29.7. The quantitative estimate of drug-likeness (QED) is 0.810. The van der Waals surface area contributed by atoms with Crippen LogP contribution in [0.15, 0.2) is 18.3 Å². The van der Waals surface area contributed by atoms with Crippen molar-refractivity contribution in [3.63, 3.8) is 0 Å². The minimum absolute atomic E-state index is 0.0506. The van der Waals surface area contributed by atoms with E-state index in [0.29, 0.717) is 25.9 Å². The molecule has 0 atom stereocenters. The Bertz CT molecular complexity index is 706. The first kappa shape index (κ1) is 21.9. The van der Waals surface area contributed by atoms with Crippen molar-refractivity contribution in [2.75, 3.05) is 25.0 Å². The Labute approximate surface area is 161 Å². The van der Waals surface area contributed by atoms with Crippen LogP contribution in [0.25, 0.3) is 0 Å². The molecule has 2 rings (SSSR count). The maximum absolute atomic E-state index is 12.7. The molecule has 0 unspecified atom stereocenters. The van der Waals surface area contributed by atoms with Gasteiger partial charge in [0, 0.05) is 19.6 Å². The number of carbonyl (C=O) groups excluding carboxylic acids is 2. The lowest BCUT2D eigenvalue weighted by atomic mass is 9.77. The number of hydrogen-bond acceptors (Lipinski definition) is 5. The maximum atomic E-state index is 12.7. The van der Waals surface area contributed by atoms with Crippen molar-refractivity contribution in [2.24, 2.45) is 11.1 Å². The molecule has 0 radical (unpaired) electrons. The highest BCUT2D eigenvalue weighted by Gasteiger charge is 2.42. The highest BCUT2D eigenvalue weighted by Crippen LogP contribution is 2.33. The lowest BCUT2D eigenvalue weighted by Crippen LogP contribution is -2.52. The number of halogens is 3. The number of amides is 2. The zero-order valence-electron chi connectivity index (χ0n) is 16.1. The average molecular weight is 402 g/mol. The second-order valence-electron chi connectivity index (χ2n) is 7.84. The number of aromatic nitrogens is 1. The van der Waals surface area contributed by atoms with Gasteiger partial charge in [0.25, 0.3) is 0 Å². The Morgan fingerprint density at radius 3 is 2.29 bits per heavy atom. The fourth-order valence-electron chi connectivity index (χ4n) is 2.87. The zero-order valence-corrected chi connectivity index (χ0v) is 16.1. The van der Waals surface area contributed by atoms with E-state index in [0.717, 1.165) is 18.3 Å². The topological polar surface area (TPSA) is 97.5 Å². The molecule has 1 aliphatic heterocycles. The number of alkyl halides is 3. The molecule has 0 aliphatic carbocycles. The van der Waals surface area contributed by atoms with Crippen LogP contribution >= 0.6 is 0 Å². The van der Waals surface area contributed by atoms with E-state index < -0.39 is 34.9 Å². The van der Waals surface area contributed by atoms with E-state index in [4.69, 9.17) is 10.5 Å². The van der Waals surface area contributed by atoms with Gasteiger partial charge in [-0.25, -0.2) is 9.78 Å². The third kappa shape index (κ3) is 5.34. The summed E-state index contributed by atoms with van der Waals surface area (Å²) in [6.45, 7) is 5.95. The van der Waals surface area contributed by atoms with E-state index >= 15 is 0 Å². The molecule has 3 N–H and O–H groups in total. The van der Waals surface area contributed by atoms with Gasteiger partial charge in [-0.2, -0.15) is 13.2 Å². The Morgan fingerprint density at radius 1 is 1.25 bits per heavy atom. The Hall–Kier alpha value is -2.36. The Morgan fingerprint density at radius 2 is 1.86 bits per heavy atom. The van der Waals surface area contributed by atoms with E-state index in [1.54, 1.807) is 20.8 Å². The number of hydrogen-bond donors (Lipinski definition) is 2. The van der Waals surface area contributed by atoms with Crippen LogP contribution < -0.4 is 11.1 Å². The van der Waals surface area contributed by atoms with Gasteiger partial charge in [0.1, 0.15) is 11.3 Å². The first-order chi connectivity index (χ1) is 12.9. The van der Waals surface area contributed by atoms with Crippen molar-refractivity contribution in [2.45, 2.75) is 45.4 Å². The summed E-state index contributed by atoms with van der Waals surface area (Å²) in [5, 5.41) is 2.58. The zero-order chi connectivity index (χ0) is 21.2. The summed E-state index contributed by atoms with van der Waals surface area (Å²) in [6.07, 6.45) is -3.40. The molecule has 1 fully saturated rings. The number of ether oxygens (including phenoxy) is 1. The molecule has 1 saturated heterocycles. The first-order valence-corrected chi connectivity index (χ1v) is 8.89. The highest BCUT2D eigenvalue weighted by atomic mass is 19.4. The van der Waals surface area contributed by atoms with E-state index in [1.807, 2.05) is 0 Å². The van der Waals surface area contributed by atoms with Gasteiger partial charge in [0.05, 0.1) is 17.3 Å². The number of pyridine rings is 1. The standard InChI is InChI=1S/C18H25F3N4O3/c1-16(2,3)28-15(27)25-8-6-17(11-22,7-9-25)14(26)24-12-4-5-13(23-10-12)18(19,20)21/h4-5,10H,6-9,11,22H2,1-3H3,(H,24,26). The summed E-state index contributed by atoms with van der Waals surface area (Å²) in [5.74, 6) is -0.402. The van der Waals surface area contributed by atoms with Crippen LogP contribution in [0.4, 0.5) is 23.7 Å². The number of likely N-dealkylation sites (tertiary alicyclic amines) is 1. The summed E-state index contributed by atoms with van der Waals surface area (Å²) >= 11 is 0. The number of nitrogens with two attached hydrogens (primary N) is 1. The van der Waals surface area contributed by atoms with Crippen molar-refractivity contribution in [3.05, 3.63) is 24.0 Å². The van der Waals surface area contributed by atoms with Crippen molar-refractivity contribution in [1.82, 2.24) is 9.88 Å². The van der Waals surface area contributed by atoms with Gasteiger partial charge >= 0.3 is 12.3 Å². The van der Waals surface area contributed by atoms with Crippen LogP contribution in [-0.4, -0.2) is 47.1 Å². The molecule has 0 spiro atoms. The van der Waals surface area contributed by atoms with Crippen LogP contribution in [0.2, 0.25) is 0 Å². The van der Waals surface area contributed by atoms with Crippen molar-refractivity contribution < 1.29 is 27.5 Å². The first-order valence-electron chi connectivity index (χ1n) is 8.89.